The first-order chi connectivity index (χ1) is 7.71. The van der Waals surface area contributed by atoms with Crippen LogP contribution in [0.15, 0.2) is 6.07 Å². The minimum absolute atomic E-state index is 0.602. The van der Waals surface area contributed by atoms with Gasteiger partial charge in [0, 0.05) is 37.9 Å². The van der Waals surface area contributed by atoms with Gasteiger partial charge >= 0.3 is 0 Å². The van der Waals surface area contributed by atoms with E-state index < -0.39 is 0 Å². The van der Waals surface area contributed by atoms with Gasteiger partial charge in [0.2, 0.25) is 0 Å². The first kappa shape index (κ1) is 12.9. The number of nitrogens with two attached hydrogens (primary N) is 2. The molecular formula is C11H21N5. The highest BCUT2D eigenvalue weighted by Crippen LogP contribution is 2.12. The molecule has 0 fully saturated rings. The van der Waals surface area contributed by atoms with Crippen molar-refractivity contribution in [1.82, 2.24) is 9.97 Å². The summed E-state index contributed by atoms with van der Waals surface area (Å²) in [7, 11) is 0. The lowest BCUT2D eigenvalue weighted by Gasteiger charge is -2.22. The maximum Gasteiger partial charge on any atom is 0.132 e. The van der Waals surface area contributed by atoms with Crippen molar-refractivity contribution in [2.24, 2.45) is 11.5 Å². The molecule has 1 rings (SSSR count). The van der Waals surface area contributed by atoms with Crippen molar-refractivity contribution in [3.63, 3.8) is 0 Å². The first-order valence-corrected chi connectivity index (χ1v) is 5.70. The van der Waals surface area contributed by atoms with Gasteiger partial charge in [-0.1, -0.05) is 6.92 Å². The molecule has 4 N–H and O–H groups in total. The molecule has 0 unspecified atom stereocenters. The first-order valence-electron chi connectivity index (χ1n) is 5.70. The van der Waals surface area contributed by atoms with Crippen LogP contribution in [-0.4, -0.2) is 36.1 Å². The van der Waals surface area contributed by atoms with Crippen LogP contribution in [0, 0.1) is 6.92 Å². The van der Waals surface area contributed by atoms with Crippen LogP contribution in [0.3, 0.4) is 0 Å². The molecule has 0 aliphatic carbocycles. The van der Waals surface area contributed by atoms with E-state index in [2.05, 4.69) is 21.8 Å². The fraction of sp³-hybridized carbons (Fsp3) is 0.636. The standard InChI is InChI=1S/C11H21N5/c1-3-10-8-11(15-9(2)14-10)16(6-4-12)7-5-13/h8H,3-7,12-13H2,1-2H3. The third-order valence-electron chi connectivity index (χ3n) is 2.36. The number of hydrogen-bond donors (Lipinski definition) is 2. The smallest absolute Gasteiger partial charge is 0.132 e. The Morgan fingerprint density at radius 3 is 2.31 bits per heavy atom. The van der Waals surface area contributed by atoms with Crippen LogP contribution in [0.1, 0.15) is 18.4 Å². The van der Waals surface area contributed by atoms with E-state index in [1.165, 1.54) is 0 Å². The zero-order valence-electron chi connectivity index (χ0n) is 10.1. The Balaban J connectivity index is 2.93. The van der Waals surface area contributed by atoms with Crippen LogP contribution in [0.4, 0.5) is 5.82 Å². The van der Waals surface area contributed by atoms with Crippen molar-refractivity contribution in [3.8, 4) is 0 Å². The molecule has 0 aromatic carbocycles. The summed E-state index contributed by atoms with van der Waals surface area (Å²) in [5.74, 6) is 1.73. The summed E-state index contributed by atoms with van der Waals surface area (Å²) in [6, 6.07) is 2.01. The number of hydrogen-bond acceptors (Lipinski definition) is 5. The van der Waals surface area contributed by atoms with E-state index in [-0.39, 0.29) is 0 Å². The van der Waals surface area contributed by atoms with Gasteiger partial charge in [0.05, 0.1) is 0 Å². The third-order valence-corrected chi connectivity index (χ3v) is 2.36. The SMILES string of the molecule is CCc1cc(N(CCN)CCN)nc(C)n1. The molecule has 0 bridgehead atoms. The Morgan fingerprint density at radius 2 is 1.81 bits per heavy atom. The van der Waals surface area contributed by atoms with Crippen molar-refractivity contribution in [1.29, 1.82) is 0 Å². The van der Waals surface area contributed by atoms with Crippen molar-refractivity contribution >= 4 is 5.82 Å². The zero-order valence-corrected chi connectivity index (χ0v) is 10.1. The summed E-state index contributed by atoms with van der Waals surface area (Å²) in [6.45, 7) is 6.75. The summed E-state index contributed by atoms with van der Waals surface area (Å²) >= 11 is 0. The predicted octanol–water partition coefficient (Wildman–Crippen LogP) is 0.0712. The van der Waals surface area contributed by atoms with E-state index in [4.69, 9.17) is 11.5 Å². The molecule has 0 amide bonds. The number of anilines is 1. The second kappa shape index (κ2) is 6.40. The maximum atomic E-state index is 5.58. The molecule has 0 spiro atoms. The van der Waals surface area contributed by atoms with Crippen molar-refractivity contribution in [2.75, 3.05) is 31.1 Å². The molecule has 16 heavy (non-hydrogen) atoms. The molecule has 1 aromatic rings. The summed E-state index contributed by atoms with van der Waals surface area (Å²) in [6.07, 6.45) is 0.912. The van der Waals surface area contributed by atoms with Crippen LogP contribution in [-0.2, 0) is 6.42 Å². The molecule has 0 saturated heterocycles. The molecule has 0 radical (unpaired) electrons. The lowest BCUT2D eigenvalue weighted by Crippen LogP contribution is -2.34. The van der Waals surface area contributed by atoms with E-state index in [1.54, 1.807) is 0 Å². The molecule has 5 heteroatoms. The van der Waals surface area contributed by atoms with Gasteiger partial charge in [0.1, 0.15) is 11.6 Å². The second-order valence-corrected chi connectivity index (χ2v) is 3.68. The van der Waals surface area contributed by atoms with Gasteiger partial charge in [-0.2, -0.15) is 0 Å². The minimum Gasteiger partial charge on any atom is -0.354 e. The fourth-order valence-corrected chi connectivity index (χ4v) is 1.61. The van der Waals surface area contributed by atoms with Gasteiger partial charge in [-0.25, -0.2) is 9.97 Å². The molecule has 5 nitrogen and oxygen atoms in total. The quantitative estimate of drug-likeness (QED) is 0.713. The average Bonchev–Trinajstić information content (AvgIpc) is 2.28. The highest BCUT2D eigenvalue weighted by Gasteiger charge is 2.08. The van der Waals surface area contributed by atoms with E-state index in [0.717, 1.165) is 36.8 Å². The maximum absolute atomic E-state index is 5.58. The molecular weight excluding hydrogens is 202 g/mol. The average molecular weight is 223 g/mol. The lowest BCUT2D eigenvalue weighted by molar-refractivity contribution is 0.760. The number of nitrogens with zero attached hydrogens (tertiary/aromatic N) is 3. The van der Waals surface area contributed by atoms with Gasteiger partial charge in [0.15, 0.2) is 0 Å². The van der Waals surface area contributed by atoms with Crippen molar-refractivity contribution in [3.05, 3.63) is 17.6 Å². The van der Waals surface area contributed by atoms with E-state index in [0.29, 0.717) is 13.1 Å². The molecule has 0 saturated carbocycles. The van der Waals surface area contributed by atoms with E-state index in [9.17, 15) is 0 Å². The Morgan fingerprint density at radius 1 is 1.19 bits per heavy atom. The number of aryl methyl sites for hydroxylation is 2. The van der Waals surface area contributed by atoms with Crippen LogP contribution in [0.5, 0.6) is 0 Å². The summed E-state index contributed by atoms with van der Waals surface area (Å²) in [5.41, 5.74) is 12.2. The van der Waals surface area contributed by atoms with Crippen molar-refractivity contribution in [2.45, 2.75) is 20.3 Å². The third kappa shape index (κ3) is 3.43. The largest absolute Gasteiger partial charge is 0.354 e. The van der Waals surface area contributed by atoms with Crippen molar-refractivity contribution < 1.29 is 0 Å². The Hall–Kier alpha value is -1.20. The summed E-state index contributed by atoms with van der Waals surface area (Å²) < 4.78 is 0. The fourth-order valence-electron chi connectivity index (χ4n) is 1.61. The van der Waals surface area contributed by atoms with E-state index >= 15 is 0 Å². The van der Waals surface area contributed by atoms with Crippen LogP contribution in [0.2, 0.25) is 0 Å². The summed E-state index contributed by atoms with van der Waals surface area (Å²) in [5, 5.41) is 0. The molecule has 1 heterocycles. The lowest BCUT2D eigenvalue weighted by atomic mass is 10.3. The molecule has 0 aliphatic rings. The highest BCUT2D eigenvalue weighted by atomic mass is 15.2. The monoisotopic (exact) mass is 223 g/mol. The van der Waals surface area contributed by atoms with Gasteiger partial charge in [-0.05, 0) is 13.3 Å². The Bertz CT molecular complexity index is 320. The Kier molecular flexibility index (Phi) is 5.14. The van der Waals surface area contributed by atoms with Gasteiger partial charge in [0.25, 0.3) is 0 Å². The number of aromatic nitrogens is 2. The normalized spacial score (nSPS) is 10.5. The van der Waals surface area contributed by atoms with Gasteiger partial charge < -0.3 is 16.4 Å². The molecule has 0 aliphatic heterocycles. The Labute approximate surface area is 96.9 Å². The van der Waals surface area contributed by atoms with E-state index in [1.807, 2.05) is 13.0 Å². The zero-order chi connectivity index (χ0) is 12.0. The van der Waals surface area contributed by atoms with Crippen LogP contribution in [0.25, 0.3) is 0 Å². The van der Waals surface area contributed by atoms with Crippen LogP contribution < -0.4 is 16.4 Å². The number of rotatable bonds is 6. The predicted molar refractivity (Wildman–Crippen MR) is 66.5 cm³/mol. The molecule has 1 aromatic heterocycles. The minimum atomic E-state index is 0.602. The second-order valence-electron chi connectivity index (χ2n) is 3.68. The topological polar surface area (TPSA) is 81.1 Å². The van der Waals surface area contributed by atoms with Gasteiger partial charge in [-0.3, -0.25) is 0 Å². The van der Waals surface area contributed by atoms with Crippen LogP contribution >= 0.6 is 0 Å². The molecule has 0 atom stereocenters. The molecule has 90 valence electrons. The van der Waals surface area contributed by atoms with Gasteiger partial charge in [-0.15, -0.1) is 0 Å². The summed E-state index contributed by atoms with van der Waals surface area (Å²) in [4.78, 5) is 10.9. The highest BCUT2D eigenvalue weighted by molar-refractivity contribution is 5.40.